The average molecular weight is 224 g/mol. The Balaban J connectivity index is 2.20. The highest BCUT2D eigenvalue weighted by Crippen LogP contribution is 2.35. The molecule has 0 saturated carbocycles. The number of hydrogen-bond acceptors (Lipinski definition) is 4. The Hall–Kier alpha value is -1.32. The Morgan fingerprint density at radius 1 is 1.50 bits per heavy atom. The van der Waals surface area contributed by atoms with E-state index in [1.165, 1.54) is 7.11 Å². The largest absolute Gasteiger partial charge is 0.468 e. The van der Waals surface area contributed by atoms with Gasteiger partial charge in [0.2, 0.25) is 0 Å². The van der Waals surface area contributed by atoms with E-state index in [1.807, 2.05) is 12.2 Å². The summed E-state index contributed by atoms with van der Waals surface area (Å²) in [5.74, 6) is -1.67. The van der Waals surface area contributed by atoms with Crippen molar-refractivity contribution in [3.05, 3.63) is 12.2 Å². The molecule has 2 rings (SSSR count). The average Bonchev–Trinajstić information content (AvgIpc) is 2.54. The van der Waals surface area contributed by atoms with E-state index in [2.05, 4.69) is 4.74 Å². The summed E-state index contributed by atoms with van der Waals surface area (Å²) in [5.41, 5.74) is 0. The van der Waals surface area contributed by atoms with Gasteiger partial charge in [0.25, 0.3) is 0 Å². The molecule has 4 heteroatoms. The number of ether oxygens (including phenoxy) is 2. The number of hydrogen-bond donors (Lipinski definition) is 0. The van der Waals surface area contributed by atoms with Crippen LogP contribution < -0.4 is 0 Å². The first kappa shape index (κ1) is 11.2. The fourth-order valence-electron chi connectivity index (χ4n) is 2.44. The Kier molecular flexibility index (Phi) is 3.27. The van der Waals surface area contributed by atoms with E-state index in [-0.39, 0.29) is 12.0 Å². The van der Waals surface area contributed by atoms with Gasteiger partial charge >= 0.3 is 11.9 Å². The Labute approximate surface area is 94.6 Å². The van der Waals surface area contributed by atoms with Gasteiger partial charge in [0.15, 0.2) is 5.92 Å². The fourth-order valence-corrected chi connectivity index (χ4v) is 2.44. The Morgan fingerprint density at radius 2 is 2.31 bits per heavy atom. The van der Waals surface area contributed by atoms with Crippen molar-refractivity contribution in [1.82, 2.24) is 0 Å². The van der Waals surface area contributed by atoms with Crippen LogP contribution in [-0.2, 0) is 19.1 Å². The van der Waals surface area contributed by atoms with Gasteiger partial charge in [-0.15, -0.1) is 0 Å². The van der Waals surface area contributed by atoms with E-state index in [1.54, 1.807) is 0 Å². The molecule has 1 aliphatic heterocycles. The highest BCUT2D eigenvalue weighted by atomic mass is 16.6. The number of esters is 2. The molecule has 0 radical (unpaired) electrons. The van der Waals surface area contributed by atoms with Crippen LogP contribution in [0.15, 0.2) is 12.2 Å². The van der Waals surface area contributed by atoms with Crippen LogP contribution in [0, 0.1) is 11.8 Å². The number of carbonyl (C=O) groups excluding carboxylic acids is 2. The summed E-state index contributed by atoms with van der Waals surface area (Å²) in [6.45, 7) is 0. The quantitative estimate of drug-likeness (QED) is 0.384. The van der Waals surface area contributed by atoms with Gasteiger partial charge in [0.1, 0.15) is 6.10 Å². The molecule has 3 atom stereocenters. The number of allylic oxidation sites excluding steroid dienone is 1. The van der Waals surface area contributed by atoms with E-state index in [9.17, 15) is 9.59 Å². The van der Waals surface area contributed by atoms with Gasteiger partial charge in [-0.25, -0.2) is 0 Å². The molecule has 1 aliphatic carbocycles. The van der Waals surface area contributed by atoms with Gasteiger partial charge in [0, 0.05) is 5.92 Å². The summed E-state index contributed by atoms with van der Waals surface area (Å²) in [7, 11) is 1.31. The predicted octanol–water partition coefficient (Wildman–Crippen LogP) is 1.45. The monoisotopic (exact) mass is 224 g/mol. The van der Waals surface area contributed by atoms with Gasteiger partial charge in [-0.1, -0.05) is 12.5 Å². The zero-order chi connectivity index (χ0) is 11.5. The van der Waals surface area contributed by atoms with Gasteiger partial charge < -0.3 is 9.47 Å². The topological polar surface area (TPSA) is 52.6 Å². The van der Waals surface area contributed by atoms with Crippen LogP contribution in [0.5, 0.6) is 0 Å². The second-order valence-electron chi connectivity index (χ2n) is 4.28. The molecule has 4 nitrogen and oxygen atoms in total. The minimum Gasteiger partial charge on any atom is -0.468 e. The van der Waals surface area contributed by atoms with E-state index in [0.29, 0.717) is 0 Å². The van der Waals surface area contributed by atoms with Crippen LogP contribution in [0.3, 0.4) is 0 Å². The first-order chi connectivity index (χ1) is 7.74. The van der Waals surface area contributed by atoms with E-state index >= 15 is 0 Å². The lowest BCUT2D eigenvalue weighted by Crippen LogP contribution is -2.28. The second-order valence-corrected chi connectivity index (χ2v) is 4.28. The summed E-state index contributed by atoms with van der Waals surface area (Å²) in [4.78, 5) is 23.1. The van der Waals surface area contributed by atoms with Crippen molar-refractivity contribution in [3.63, 3.8) is 0 Å². The van der Waals surface area contributed by atoms with Crippen molar-refractivity contribution in [2.45, 2.75) is 31.8 Å². The summed E-state index contributed by atoms with van der Waals surface area (Å²) in [6, 6.07) is 0. The molecule has 0 aromatic heterocycles. The molecule has 0 aromatic carbocycles. The summed E-state index contributed by atoms with van der Waals surface area (Å²) < 4.78 is 9.87. The maximum Gasteiger partial charge on any atom is 0.321 e. The molecular formula is C12H16O4. The molecule has 0 amide bonds. The zero-order valence-electron chi connectivity index (χ0n) is 9.35. The fraction of sp³-hybridized carbons (Fsp3) is 0.667. The third-order valence-electron chi connectivity index (χ3n) is 3.30. The van der Waals surface area contributed by atoms with Crippen LogP contribution in [0.1, 0.15) is 25.7 Å². The van der Waals surface area contributed by atoms with Crippen LogP contribution in [0.25, 0.3) is 0 Å². The lowest BCUT2D eigenvalue weighted by Gasteiger charge is -2.18. The van der Waals surface area contributed by atoms with E-state index in [4.69, 9.17) is 4.74 Å². The van der Waals surface area contributed by atoms with Crippen molar-refractivity contribution in [1.29, 1.82) is 0 Å². The van der Waals surface area contributed by atoms with Crippen LogP contribution in [-0.4, -0.2) is 25.2 Å². The van der Waals surface area contributed by atoms with Gasteiger partial charge in [-0.05, 0) is 25.3 Å². The highest BCUT2D eigenvalue weighted by Gasteiger charge is 2.48. The molecule has 1 fully saturated rings. The minimum atomic E-state index is -0.724. The summed E-state index contributed by atoms with van der Waals surface area (Å²) in [5, 5.41) is 0. The van der Waals surface area contributed by atoms with Gasteiger partial charge in [-0.3, -0.25) is 9.59 Å². The Morgan fingerprint density at radius 3 is 3.06 bits per heavy atom. The number of rotatable bonds is 1. The Bertz CT molecular complexity index is 321. The van der Waals surface area contributed by atoms with Crippen LogP contribution in [0.2, 0.25) is 0 Å². The molecule has 16 heavy (non-hydrogen) atoms. The van der Waals surface area contributed by atoms with Crippen LogP contribution >= 0.6 is 0 Å². The molecule has 1 heterocycles. The highest BCUT2D eigenvalue weighted by molar-refractivity contribution is 5.96. The molecule has 0 N–H and O–H groups in total. The summed E-state index contributed by atoms with van der Waals surface area (Å²) >= 11 is 0. The molecule has 0 bridgehead atoms. The van der Waals surface area contributed by atoms with Crippen molar-refractivity contribution in [2.75, 3.05) is 7.11 Å². The molecular weight excluding hydrogens is 208 g/mol. The molecule has 0 unspecified atom stereocenters. The van der Waals surface area contributed by atoms with Crippen molar-refractivity contribution in [2.24, 2.45) is 11.8 Å². The van der Waals surface area contributed by atoms with Crippen LogP contribution in [0.4, 0.5) is 0 Å². The molecule has 2 aliphatic rings. The third kappa shape index (κ3) is 1.96. The number of carbonyl (C=O) groups is 2. The maximum atomic E-state index is 11.6. The van der Waals surface area contributed by atoms with Crippen molar-refractivity contribution >= 4 is 11.9 Å². The van der Waals surface area contributed by atoms with Gasteiger partial charge in [0.05, 0.1) is 7.11 Å². The SMILES string of the molecule is COC(=O)[C@@H]1C(=O)O[C@@H]2/C=C\CCCC[C@@H]12. The lowest BCUT2D eigenvalue weighted by atomic mass is 9.84. The first-order valence-corrected chi connectivity index (χ1v) is 5.69. The third-order valence-corrected chi connectivity index (χ3v) is 3.30. The lowest BCUT2D eigenvalue weighted by molar-refractivity contribution is -0.155. The molecule has 88 valence electrons. The molecule has 0 aromatic rings. The summed E-state index contributed by atoms with van der Waals surface area (Å²) in [6.07, 6.45) is 7.69. The van der Waals surface area contributed by atoms with E-state index < -0.39 is 17.9 Å². The number of methoxy groups -OCH3 is 1. The van der Waals surface area contributed by atoms with Crippen molar-refractivity contribution in [3.8, 4) is 0 Å². The minimum absolute atomic E-state index is 0.0449. The smallest absolute Gasteiger partial charge is 0.321 e. The zero-order valence-corrected chi connectivity index (χ0v) is 9.35. The molecule has 1 saturated heterocycles. The predicted molar refractivity (Wildman–Crippen MR) is 56.5 cm³/mol. The molecule has 0 spiro atoms. The van der Waals surface area contributed by atoms with Gasteiger partial charge in [-0.2, -0.15) is 0 Å². The van der Waals surface area contributed by atoms with E-state index in [0.717, 1.165) is 25.7 Å². The number of fused-ring (bicyclic) bond motifs is 1. The van der Waals surface area contributed by atoms with Crippen molar-refractivity contribution < 1.29 is 19.1 Å². The second kappa shape index (κ2) is 4.68. The standard InChI is InChI=1S/C12H16O4/c1-15-11(13)10-8-6-4-2-3-5-7-9(8)16-12(10)14/h5,7-10H,2-4,6H2,1H3/b7-5-/t8-,9-,10-/m1/s1. The maximum absolute atomic E-state index is 11.6. The normalized spacial score (nSPS) is 35.6. The first-order valence-electron chi connectivity index (χ1n) is 5.69.